The van der Waals surface area contributed by atoms with Gasteiger partial charge in [0.1, 0.15) is 5.75 Å². The van der Waals surface area contributed by atoms with Crippen LogP contribution in [-0.4, -0.2) is 46.5 Å². The Balaban J connectivity index is 1.36. The minimum atomic E-state index is -0.118. The van der Waals surface area contributed by atoms with Gasteiger partial charge in [-0.15, -0.1) is 11.3 Å². The van der Waals surface area contributed by atoms with E-state index in [2.05, 4.69) is 16.4 Å². The van der Waals surface area contributed by atoms with Gasteiger partial charge in [0.25, 0.3) is 5.24 Å². The van der Waals surface area contributed by atoms with Crippen molar-refractivity contribution in [1.82, 2.24) is 9.88 Å². The molecule has 130 valence electrons. The fourth-order valence-corrected chi connectivity index (χ4v) is 4.44. The van der Waals surface area contributed by atoms with Crippen LogP contribution in [-0.2, 0) is 11.2 Å². The van der Waals surface area contributed by atoms with Crippen molar-refractivity contribution in [3.05, 3.63) is 29.1 Å². The van der Waals surface area contributed by atoms with Gasteiger partial charge in [-0.3, -0.25) is 9.59 Å². The molecular formula is C17H17N3O3S2. The van der Waals surface area contributed by atoms with Crippen LogP contribution in [0.15, 0.2) is 23.6 Å². The summed E-state index contributed by atoms with van der Waals surface area (Å²) in [7, 11) is 0. The molecule has 0 spiro atoms. The highest BCUT2D eigenvalue weighted by atomic mass is 32.2. The molecule has 2 aromatic rings. The first-order valence-electron chi connectivity index (χ1n) is 8.12. The molecule has 3 heterocycles. The Labute approximate surface area is 153 Å². The van der Waals surface area contributed by atoms with Crippen LogP contribution in [0.5, 0.6) is 5.75 Å². The SMILES string of the molecule is O=C(CCN1CCSC1=O)Nc1nc(-c2ccc3c(c2)CCO3)cs1. The van der Waals surface area contributed by atoms with Crippen LogP contribution >= 0.6 is 23.1 Å². The molecule has 0 bridgehead atoms. The summed E-state index contributed by atoms with van der Waals surface area (Å²) in [4.78, 5) is 29.8. The molecule has 4 rings (SSSR count). The number of hydrogen-bond donors (Lipinski definition) is 1. The highest BCUT2D eigenvalue weighted by Crippen LogP contribution is 2.32. The van der Waals surface area contributed by atoms with Crippen LogP contribution in [0.3, 0.4) is 0 Å². The van der Waals surface area contributed by atoms with Crippen molar-refractivity contribution in [3.63, 3.8) is 0 Å². The monoisotopic (exact) mass is 375 g/mol. The third-order valence-corrected chi connectivity index (χ3v) is 5.84. The molecule has 1 aromatic heterocycles. The number of benzene rings is 1. The Hall–Kier alpha value is -2.06. The lowest BCUT2D eigenvalue weighted by molar-refractivity contribution is -0.116. The van der Waals surface area contributed by atoms with E-state index in [-0.39, 0.29) is 17.6 Å². The molecule has 0 atom stereocenters. The van der Waals surface area contributed by atoms with Gasteiger partial charge in [0.15, 0.2) is 5.13 Å². The number of nitrogens with one attached hydrogen (secondary N) is 1. The molecule has 8 heteroatoms. The van der Waals surface area contributed by atoms with Crippen LogP contribution in [0.2, 0.25) is 0 Å². The Morgan fingerprint density at radius 2 is 2.32 bits per heavy atom. The zero-order valence-corrected chi connectivity index (χ0v) is 15.1. The maximum absolute atomic E-state index is 12.1. The summed E-state index contributed by atoms with van der Waals surface area (Å²) < 4.78 is 5.52. The molecule has 1 saturated heterocycles. The third kappa shape index (κ3) is 3.64. The van der Waals surface area contributed by atoms with Crippen LogP contribution in [0, 0.1) is 0 Å². The van der Waals surface area contributed by atoms with Gasteiger partial charge in [0, 0.05) is 42.6 Å². The zero-order valence-electron chi connectivity index (χ0n) is 13.5. The van der Waals surface area contributed by atoms with E-state index < -0.39 is 0 Å². The first kappa shape index (κ1) is 16.4. The summed E-state index contributed by atoms with van der Waals surface area (Å²) in [6.07, 6.45) is 1.21. The first-order chi connectivity index (χ1) is 12.2. The standard InChI is InChI=1S/C17H17N3O3S2/c21-15(3-5-20-6-8-24-17(20)22)19-16-18-13(10-25-16)11-1-2-14-12(9-11)4-7-23-14/h1-2,9-10H,3-8H2,(H,18,19,21). The molecule has 0 saturated carbocycles. The fourth-order valence-electron chi connectivity index (χ4n) is 2.86. The first-order valence-corrected chi connectivity index (χ1v) is 9.99. The lowest BCUT2D eigenvalue weighted by Gasteiger charge is -2.13. The van der Waals surface area contributed by atoms with Crippen molar-refractivity contribution in [2.45, 2.75) is 12.8 Å². The number of thiazole rings is 1. The summed E-state index contributed by atoms with van der Waals surface area (Å²) in [5.74, 6) is 1.64. The van der Waals surface area contributed by atoms with Gasteiger partial charge in [0.2, 0.25) is 5.91 Å². The van der Waals surface area contributed by atoms with E-state index >= 15 is 0 Å². The van der Waals surface area contributed by atoms with Crippen molar-refractivity contribution < 1.29 is 14.3 Å². The Morgan fingerprint density at radius 3 is 3.16 bits per heavy atom. The number of amides is 2. The summed E-state index contributed by atoms with van der Waals surface area (Å²) in [6.45, 7) is 1.91. The van der Waals surface area contributed by atoms with Crippen molar-refractivity contribution in [1.29, 1.82) is 0 Å². The highest BCUT2D eigenvalue weighted by molar-refractivity contribution is 8.13. The second-order valence-electron chi connectivity index (χ2n) is 5.86. The van der Waals surface area contributed by atoms with Crippen molar-refractivity contribution in [3.8, 4) is 17.0 Å². The number of aromatic nitrogens is 1. The van der Waals surface area contributed by atoms with Crippen LogP contribution < -0.4 is 10.1 Å². The maximum atomic E-state index is 12.1. The second kappa shape index (κ2) is 7.05. The van der Waals surface area contributed by atoms with Gasteiger partial charge in [-0.1, -0.05) is 11.8 Å². The van der Waals surface area contributed by atoms with Gasteiger partial charge in [0.05, 0.1) is 12.3 Å². The molecule has 1 fully saturated rings. The Kier molecular flexibility index (Phi) is 4.63. The van der Waals surface area contributed by atoms with Gasteiger partial charge in [-0.25, -0.2) is 4.98 Å². The van der Waals surface area contributed by atoms with Crippen LogP contribution in [0.4, 0.5) is 9.93 Å². The Morgan fingerprint density at radius 1 is 1.40 bits per heavy atom. The molecule has 0 unspecified atom stereocenters. The predicted molar refractivity (Wildman–Crippen MR) is 99.4 cm³/mol. The fraction of sp³-hybridized carbons (Fsp3) is 0.353. The van der Waals surface area contributed by atoms with E-state index in [1.165, 1.54) is 28.7 Å². The molecule has 2 amide bonds. The molecular weight excluding hydrogens is 358 g/mol. The average molecular weight is 375 g/mol. The largest absolute Gasteiger partial charge is 0.493 e. The van der Waals surface area contributed by atoms with Crippen molar-refractivity contribution >= 4 is 39.4 Å². The van der Waals surface area contributed by atoms with Gasteiger partial charge in [-0.05, 0) is 23.8 Å². The quantitative estimate of drug-likeness (QED) is 0.869. The molecule has 0 radical (unpaired) electrons. The number of thioether (sulfide) groups is 1. The van der Waals surface area contributed by atoms with Crippen LogP contribution in [0.25, 0.3) is 11.3 Å². The smallest absolute Gasteiger partial charge is 0.281 e. The van der Waals surface area contributed by atoms with Gasteiger partial charge < -0.3 is 15.0 Å². The predicted octanol–water partition coefficient (Wildman–Crippen LogP) is 3.24. The van der Waals surface area contributed by atoms with Crippen LogP contribution in [0.1, 0.15) is 12.0 Å². The number of nitrogens with zero attached hydrogens (tertiary/aromatic N) is 2. The molecule has 6 nitrogen and oxygen atoms in total. The summed E-state index contributed by atoms with van der Waals surface area (Å²) in [5, 5.41) is 5.40. The summed E-state index contributed by atoms with van der Waals surface area (Å²) in [6, 6.07) is 6.06. The average Bonchev–Trinajstić information content (AvgIpc) is 3.33. The molecule has 2 aliphatic rings. The zero-order chi connectivity index (χ0) is 17.2. The number of ether oxygens (including phenoxy) is 1. The molecule has 25 heavy (non-hydrogen) atoms. The number of carbonyl (C=O) groups is 2. The number of hydrogen-bond acceptors (Lipinski definition) is 6. The minimum Gasteiger partial charge on any atom is -0.493 e. The number of rotatable bonds is 5. The maximum Gasteiger partial charge on any atom is 0.281 e. The second-order valence-corrected chi connectivity index (χ2v) is 7.76. The molecule has 1 aromatic carbocycles. The summed E-state index contributed by atoms with van der Waals surface area (Å²) >= 11 is 2.71. The highest BCUT2D eigenvalue weighted by Gasteiger charge is 2.21. The number of fused-ring (bicyclic) bond motifs is 1. The summed E-state index contributed by atoms with van der Waals surface area (Å²) in [5.41, 5.74) is 3.08. The number of anilines is 1. The molecule has 2 aliphatic heterocycles. The van der Waals surface area contributed by atoms with E-state index in [0.29, 0.717) is 11.7 Å². The normalized spacial score (nSPS) is 16.0. The van der Waals surface area contributed by atoms with E-state index in [4.69, 9.17) is 4.74 Å². The number of carbonyl (C=O) groups excluding carboxylic acids is 2. The van der Waals surface area contributed by atoms with E-state index in [0.717, 1.165) is 42.3 Å². The Bertz CT molecular complexity index is 821. The topological polar surface area (TPSA) is 71.5 Å². The lowest BCUT2D eigenvalue weighted by Crippen LogP contribution is -2.27. The van der Waals surface area contributed by atoms with E-state index in [1.54, 1.807) is 4.90 Å². The van der Waals surface area contributed by atoms with Gasteiger partial charge >= 0.3 is 0 Å². The third-order valence-electron chi connectivity index (χ3n) is 4.19. The van der Waals surface area contributed by atoms with E-state index in [1.807, 2.05) is 17.5 Å². The minimum absolute atomic E-state index is 0.0601. The molecule has 0 aliphatic carbocycles. The van der Waals surface area contributed by atoms with Crippen molar-refractivity contribution in [2.75, 3.05) is 30.8 Å². The molecule has 1 N–H and O–H groups in total. The van der Waals surface area contributed by atoms with Crippen molar-refractivity contribution in [2.24, 2.45) is 0 Å². The van der Waals surface area contributed by atoms with E-state index in [9.17, 15) is 9.59 Å². The van der Waals surface area contributed by atoms with Gasteiger partial charge in [-0.2, -0.15) is 0 Å². The lowest BCUT2D eigenvalue weighted by atomic mass is 10.1.